The molecule has 2 nitrogen and oxygen atoms in total. The molecule has 0 spiro atoms. The molecule has 1 unspecified atom stereocenters. The summed E-state index contributed by atoms with van der Waals surface area (Å²) in [5.74, 6) is 0.747. The van der Waals surface area contributed by atoms with Crippen LogP contribution in [0.3, 0.4) is 0 Å². The van der Waals surface area contributed by atoms with Crippen LogP contribution in [0.1, 0.15) is 50.7 Å². The van der Waals surface area contributed by atoms with Gasteiger partial charge in [-0.1, -0.05) is 18.2 Å². The summed E-state index contributed by atoms with van der Waals surface area (Å²) in [4.78, 5) is 0. The molecule has 0 N–H and O–H groups in total. The van der Waals surface area contributed by atoms with Crippen molar-refractivity contribution in [2.75, 3.05) is 0 Å². The Hall–Kier alpha value is -0.960. The molecule has 17 heavy (non-hydrogen) atoms. The van der Waals surface area contributed by atoms with Crippen LogP contribution in [-0.2, 0) is 11.0 Å². The van der Waals surface area contributed by atoms with E-state index in [2.05, 4.69) is 22.6 Å². The molecule has 1 aromatic carbocycles. The van der Waals surface area contributed by atoms with E-state index >= 15 is 0 Å². The quantitative estimate of drug-likeness (QED) is 0.754. The van der Waals surface area contributed by atoms with Crippen molar-refractivity contribution in [3.63, 3.8) is 0 Å². The third-order valence-electron chi connectivity index (χ3n) is 2.78. The highest BCUT2D eigenvalue weighted by atomic mass is 32.2. The van der Waals surface area contributed by atoms with Gasteiger partial charge < -0.3 is 0 Å². The van der Waals surface area contributed by atoms with Crippen LogP contribution in [0, 0.1) is 0 Å². The first-order chi connectivity index (χ1) is 7.97. The molecule has 1 atom stereocenters. The third-order valence-corrected chi connectivity index (χ3v) is 4.13. The predicted octanol–water partition coefficient (Wildman–Crippen LogP) is 3.45. The van der Waals surface area contributed by atoms with Crippen molar-refractivity contribution >= 4 is 17.2 Å². The van der Waals surface area contributed by atoms with E-state index in [4.69, 9.17) is 0 Å². The Morgan fingerprint density at radius 1 is 1.35 bits per heavy atom. The largest absolute Gasteiger partial charge is 0.234 e. The molecule has 0 amide bonds. The van der Waals surface area contributed by atoms with E-state index in [1.807, 2.05) is 26.8 Å². The van der Waals surface area contributed by atoms with Gasteiger partial charge in [-0.05, 0) is 56.7 Å². The minimum atomic E-state index is -1.17. The van der Waals surface area contributed by atoms with Crippen molar-refractivity contribution < 1.29 is 4.21 Å². The van der Waals surface area contributed by atoms with Gasteiger partial charge in [-0.15, -0.1) is 0 Å². The summed E-state index contributed by atoms with van der Waals surface area (Å²) in [6.45, 7) is 5.79. The molecular formula is C14H19NOS. The Labute approximate surface area is 106 Å². The normalized spacial score (nSPS) is 18.5. The molecule has 1 aliphatic rings. The monoisotopic (exact) mass is 249 g/mol. The van der Waals surface area contributed by atoms with Gasteiger partial charge in [-0.25, -0.2) is 4.21 Å². The molecule has 1 aromatic rings. The van der Waals surface area contributed by atoms with Crippen molar-refractivity contribution in [1.29, 1.82) is 0 Å². The predicted molar refractivity (Wildman–Crippen MR) is 73.9 cm³/mol. The zero-order valence-corrected chi connectivity index (χ0v) is 11.5. The van der Waals surface area contributed by atoms with Crippen LogP contribution < -0.4 is 0 Å². The van der Waals surface area contributed by atoms with Crippen LogP contribution in [-0.4, -0.2) is 15.2 Å². The minimum absolute atomic E-state index is 0.287. The van der Waals surface area contributed by atoms with Gasteiger partial charge in [0.2, 0.25) is 0 Å². The summed E-state index contributed by atoms with van der Waals surface area (Å²) >= 11 is 0. The molecule has 0 radical (unpaired) electrons. The number of rotatable bonds is 3. The summed E-state index contributed by atoms with van der Waals surface area (Å²) in [6, 6.07) is 8.38. The topological polar surface area (TPSA) is 29.4 Å². The van der Waals surface area contributed by atoms with Crippen molar-refractivity contribution in [3.8, 4) is 0 Å². The maximum atomic E-state index is 11.8. The lowest BCUT2D eigenvalue weighted by atomic mass is 10.1. The van der Waals surface area contributed by atoms with Crippen molar-refractivity contribution in [1.82, 2.24) is 0 Å². The fourth-order valence-corrected chi connectivity index (χ4v) is 2.11. The maximum Gasteiger partial charge on any atom is 0.144 e. The molecule has 2 rings (SSSR count). The fourth-order valence-electron chi connectivity index (χ4n) is 1.58. The summed E-state index contributed by atoms with van der Waals surface area (Å²) in [6.07, 6.45) is 4.33. The van der Waals surface area contributed by atoms with E-state index in [1.165, 1.54) is 18.4 Å². The maximum absolute atomic E-state index is 11.8. The Morgan fingerprint density at radius 3 is 2.65 bits per heavy atom. The second-order valence-electron chi connectivity index (χ2n) is 5.54. The summed E-state index contributed by atoms with van der Waals surface area (Å²) < 4.78 is 15.6. The van der Waals surface area contributed by atoms with Crippen molar-refractivity contribution in [3.05, 3.63) is 35.4 Å². The Bertz CT molecular complexity index is 456. The van der Waals surface area contributed by atoms with Gasteiger partial charge in [0.05, 0.1) is 4.75 Å². The van der Waals surface area contributed by atoms with Gasteiger partial charge in [0.15, 0.2) is 0 Å². The average Bonchev–Trinajstić information content (AvgIpc) is 3.08. The second-order valence-corrected chi connectivity index (χ2v) is 7.47. The van der Waals surface area contributed by atoms with Crippen LogP contribution in [0.5, 0.6) is 0 Å². The molecule has 0 saturated heterocycles. The highest BCUT2D eigenvalue weighted by molar-refractivity contribution is 7.85. The van der Waals surface area contributed by atoms with E-state index in [0.717, 1.165) is 11.5 Å². The zero-order chi connectivity index (χ0) is 12.5. The Balaban J connectivity index is 2.10. The van der Waals surface area contributed by atoms with Gasteiger partial charge in [-0.3, -0.25) is 0 Å². The standard InChI is InChI=1S/C14H19NOS/c1-14(2,3)17(16)15-10-11-5-4-6-13(9-11)12-7-8-12/h4-6,9-10,12H,7-8H2,1-3H3/b15-10+. The summed E-state index contributed by atoms with van der Waals surface area (Å²) in [5, 5.41) is 0. The van der Waals surface area contributed by atoms with E-state index in [9.17, 15) is 4.21 Å². The van der Waals surface area contributed by atoms with Crippen LogP contribution >= 0.6 is 0 Å². The Morgan fingerprint density at radius 2 is 2.06 bits per heavy atom. The van der Waals surface area contributed by atoms with Crippen LogP contribution in [0.2, 0.25) is 0 Å². The third kappa shape index (κ3) is 3.50. The van der Waals surface area contributed by atoms with Crippen LogP contribution in [0.15, 0.2) is 28.7 Å². The van der Waals surface area contributed by atoms with Crippen molar-refractivity contribution in [2.45, 2.75) is 44.3 Å². The van der Waals surface area contributed by atoms with E-state index < -0.39 is 11.0 Å². The number of benzene rings is 1. The number of nitrogens with zero attached hydrogens (tertiary/aromatic N) is 1. The SMILES string of the molecule is CC(C)(C)S(=O)/N=C/c1cccc(C2CC2)c1. The minimum Gasteiger partial charge on any atom is -0.234 e. The van der Waals surface area contributed by atoms with Gasteiger partial charge >= 0.3 is 0 Å². The van der Waals surface area contributed by atoms with Gasteiger partial charge in [0, 0.05) is 6.21 Å². The van der Waals surface area contributed by atoms with Gasteiger partial charge in [0.25, 0.3) is 0 Å². The molecule has 0 bridgehead atoms. The smallest absolute Gasteiger partial charge is 0.144 e. The van der Waals surface area contributed by atoms with Crippen LogP contribution in [0.25, 0.3) is 0 Å². The first-order valence-corrected chi connectivity index (χ1v) is 7.13. The summed E-state index contributed by atoms with van der Waals surface area (Å²) in [5.41, 5.74) is 2.43. The van der Waals surface area contributed by atoms with Gasteiger partial charge in [-0.2, -0.15) is 4.40 Å². The zero-order valence-electron chi connectivity index (χ0n) is 10.6. The number of hydrogen-bond donors (Lipinski definition) is 0. The summed E-state index contributed by atoms with van der Waals surface area (Å²) in [7, 11) is -1.17. The highest BCUT2D eigenvalue weighted by Gasteiger charge is 2.23. The average molecular weight is 249 g/mol. The molecule has 0 aromatic heterocycles. The molecule has 0 heterocycles. The lowest BCUT2D eigenvalue weighted by molar-refractivity contribution is 0.651. The van der Waals surface area contributed by atoms with Crippen molar-refractivity contribution in [2.24, 2.45) is 4.40 Å². The van der Waals surface area contributed by atoms with E-state index in [-0.39, 0.29) is 4.75 Å². The first kappa shape index (κ1) is 12.5. The molecule has 3 heteroatoms. The molecule has 1 saturated carbocycles. The first-order valence-electron chi connectivity index (χ1n) is 6.03. The molecule has 0 aliphatic heterocycles. The Kier molecular flexibility index (Phi) is 3.48. The molecule has 92 valence electrons. The lowest BCUT2D eigenvalue weighted by Gasteiger charge is -2.12. The second kappa shape index (κ2) is 4.73. The molecule has 1 aliphatic carbocycles. The van der Waals surface area contributed by atoms with Gasteiger partial charge in [0.1, 0.15) is 11.0 Å². The highest BCUT2D eigenvalue weighted by Crippen LogP contribution is 2.39. The fraction of sp³-hybridized carbons (Fsp3) is 0.500. The number of hydrogen-bond acceptors (Lipinski definition) is 1. The van der Waals surface area contributed by atoms with E-state index in [1.54, 1.807) is 6.21 Å². The molecular weight excluding hydrogens is 230 g/mol. The van der Waals surface area contributed by atoms with Crippen LogP contribution in [0.4, 0.5) is 0 Å². The molecule has 1 fully saturated rings. The lowest BCUT2D eigenvalue weighted by Crippen LogP contribution is -2.19. The van der Waals surface area contributed by atoms with E-state index in [0.29, 0.717) is 0 Å².